The van der Waals surface area contributed by atoms with Gasteiger partial charge in [-0.25, -0.2) is 0 Å². The van der Waals surface area contributed by atoms with Gasteiger partial charge in [0.05, 0.1) is 0 Å². The first-order valence-electron chi connectivity index (χ1n) is 35.3. The van der Waals surface area contributed by atoms with Crippen LogP contribution in [0.5, 0.6) is 0 Å². The summed E-state index contributed by atoms with van der Waals surface area (Å²) in [6.07, 6.45) is 0. The van der Waals surface area contributed by atoms with E-state index in [1.165, 1.54) is 211 Å². The van der Waals surface area contributed by atoms with Gasteiger partial charge < -0.3 is 0 Å². The van der Waals surface area contributed by atoms with Gasteiger partial charge in [-0.15, -0.1) is 0 Å². The number of rotatable bonds is 3. The summed E-state index contributed by atoms with van der Waals surface area (Å²) in [6.45, 7) is 7.04. The summed E-state index contributed by atoms with van der Waals surface area (Å²) in [7, 11) is 0. The van der Waals surface area contributed by atoms with Gasteiger partial charge in [0.2, 0.25) is 0 Å². The molecule has 100 heavy (non-hydrogen) atoms. The van der Waals surface area contributed by atoms with Crippen LogP contribution in [0.1, 0.15) is 83.5 Å². The predicted octanol–water partition coefficient (Wildman–Crippen LogP) is 21.5. The van der Waals surface area contributed by atoms with E-state index >= 15 is 0 Å². The number of aryl methyl sites for hydroxylation is 3. The molecule has 3 heterocycles. The van der Waals surface area contributed by atoms with Gasteiger partial charge in [0.1, 0.15) is 0 Å². The van der Waals surface area contributed by atoms with Crippen LogP contribution >= 0.6 is 0 Å². The predicted molar refractivity (Wildman–Crippen MR) is 412 cm³/mol. The molecule has 0 amide bonds. The van der Waals surface area contributed by atoms with Crippen LogP contribution in [0.25, 0.3) is 66.8 Å². The Morgan fingerprint density at radius 3 is 0.550 bits per heavy atom. The third-order valence-electron chi connectivity index (χ3n) is 24.5. The van der Waals surface area contributed by atoms with Crippen LogP contribution in [0.15, 0.2) is 309 Å². The van der Waals surface area contributed by atoms with Crippen molar-refractivity contribution >= 4 is 82.8 Å². The molecule has 3 nitrogen and oxygen atoms in total. The van der Waals surface area contributed by atoms with Crippen LogP contribution in [0.4, 0.5) is 51.2 Å². The zero-order valence-electron chi connectivity index (χ0n) is 55.2. The van der Waals surface area contributed by atoms with E-state index in [1.807, 2.05) is 0 Å². The first kappa shape index (κ1) is 54.6. The molecule has 0 unspecified atom stereocenters. The number of nitrogens with zero attached hydrogens (tertiary/aromatic N) is 3. The second-order valence-corrected chi connectivity index (χ2v) is 37.0. The van der Waals surface area contributed by atoms with Crippen LogP contribution in [0.3, 0.4) is 0 Å². The van der Waals surface area contributed by atoms with Gasteiger partial charge in [0, 0.05) is 0 Å². The van der Waals surface area contributed by atoms with Gasteiger partial charge in [0.25, 0.3) is 0 Å². The third kappa shape index (κ3) is 6.25. The van der Waals surface area contributed by atoms with Crippen LogP contribution in [-0.4, -0.2) is 21.8 Å². The molecule has 0 aromatic heterocycles. The number of hydrogen-bond acceptors (Lipinski definition) is 3. The topological polar surface area (TPSA) is 9.72 Å². The molecule has 15 aromatic carbocycles. The molecule has 0 fully saturated rings. The van der Waals surface area contributed by atoms with Crippen LogP contribution in [0.2, 0.25) is 0 Å². The number of anilines is 9. The molecule has 6 aliphatic carbocycles. The van der Waals surface area contributed by atoms with Gasteiger partial charge in [-0.3, -0.25) is 0 Å². The SMILES string of the molecule is Cc1cc2[c]3c(c1)N(c1ccc4c(c1)C1(c5ccccc5-c5ccccc51)c1ccccc1-4)c1cc(C)cc4[c]1[Bi]3[c]1c(cc(C)cc1N4c1ccc3c(c1)C1(c4ccccc4-c4ccccc41)c1ccccc1-3)N2c1ccc2c(c1)C1(c3ccccc3-c3ccccc31)c1ccccc1-2. The molecule has 24 rings (SSSR count). The first-order valence-corrected chi connectivity index (χ1v) is 40.5. The Bertz CT molecular complexity index is 5470. The van der Waals surface area contributed by atoms with Crippen molar-refractivity contribution < 1.29 is 0 Å². The van der Waals surface area contributed by atoms with Crippen molar-refractivity contribution in [3.8, 4) is 66.8 Å². The summed E-state index contributed by atoms with van der Waals surface area (Å²) in [5, 5.41) is 0. The summed E-state index contributed by atoms with van der Waals surface area (Å²) in [5.41, 5.74) is 45.5. The fourth-order valence-electron chi connectivity index (χ4n) is 21.2. The minimum atomic E-state index is -3.54. The molecular formula is C96H60BiN3. The molecule has 0 saturated heterocycles. The van der Waals surface area contributed by atoms with Crippen molar-refractivity contribution in [2.45, 2.75) is 37.0 Å². The molecule has 4 heteroatoms. The molecule has 9 aliphatic rings. The summed E-state index contributed by atoms with van der Waals surface area (Å²) < 4.78 is 4.59. The van der Waals surface area contributed by atoms with Gasteiger partial charge >= 0.3 is 594 Å². The first-order chi connectivity index (χ1) is 49.3. The monoisotopic (exact) mass is 1460 g/mol. The average molecular weight is 1460 g/mol. The van der Waals surface area contributed by atoms with Gasteiger partial charge in [0.15, 0.2) is 0 Å². The second-order valence-electron chi connectivity index (χ2n) is 29.1. The van der Waals surface area contributed by atoms with Crippen LogP contribution < -0.4 is 24.5 Å². The number of fused-ring (bicyclic) bond motifs is 30. The van der Waals surface area contributed by atoms with E-state index in [1.54, 1.807) is 0 Å². The summed E-state index contributed by atoms with van der Waals surface area (Å²) in [4.78, 5) is 8.24. The number of benzene rings is 15. The molecule has 15 aromatic rings. The normalized spacial score (nSPS) is 15.7. The van der Waals surface area contributed by atoms with Crippen molar-refractivity contribution in [2.75, 3.05) is 14.7 Å². The summed E-state index contributed by atoms with van der Waals surface area (Å²) in [5.74, 6) is 0. The van der Waals surface area contributed by atoms with Gasteiger partial charge in [-0.1, -0.05) is 0 Å². The van der Waals surface area contributed by atoms with Crippen LogP contribution in [0, 0.1) is 20.8 Å². The fourth-order valence-corrected chi connectivity index (χ4v) is 32.9. The number of hydrogen-bond donors (Lipinski definition) is 0. The Labute approximate surface area is 589 Å². The van der Waals surface area contributed by atoms with Crippen molar-refractivity contribution in [3.63, 3.8) is 0 Å². The van der Waals surface area contributed by atoms with Crippen molar-refractivity contribution in [3.05, 3.63) is 393 Å². The maximum absolute atomic E-state index is 3.54. The third-order valence-corrected chi connectivity index (χ3v) is 35.0. The van der Waals surface area contributed by atoms with Crippen LogP contribution in [-0.2, 0) is 16.2 Å². The Hall–Kier alpha value is -11.4. The molecule has 0 saturated carbocycles. The van der Waals surface area contributed by atoms with E-state index in [2.05, 4.69) is 345 Å². The van der Waals surface area contributed by atoms with Crippen molar-refractivity contribution in [1.29, 1.82) is 0 Å². The molecule has 464 valence electrons. The Kier molecular flexibility index (Phi) is 10.3. The quantitative estimate of drug-likeness (QED) is 0.163. The summed E-state index contributed by atoms with van der Waals surface area (Å²) in [6, 6.07) is 121. The minimum absolute atomic E-state index is 0.514. The molecule has 0 N–H and O–H groups in total. The summed E-state index contributed by atoms with van der Waals surface area (Å²) >= 11 is -3.54. The van der Waals surface area contributed by atoms with Gasteiger partial charge in [-0.2, -0.15) is 0 Å². The van der Waals surface area contributed by atoms with Crippen molar-refractivity contribution in [1.82, 2.24) is 0 Å². The van der Waals surface area contributed by atoms with E-state index in [0.717, 1.165) is 0 Å². The molecule has 3 aliphatic heterocycles. The zero-order valence-corrected chi connectivity index (χ0v) is 58.7. The standard InChI is InChI=1S/C96H60N3.Bi/c1-58-46-64-52-65(47-58)98(62-41-44-80-77-29-11-20-38-89(77)95(92(80)56-62)84-33-15-6-24-72(84)73-25-7-16-34-85(73)95)67-49-60(3)51-69(54-67)99(63-42-45-81-78-30-12-21-39-90(78)96(93(81)57-63)86-35-17-8-26-74(86)75-27-9-18-36-87(75)96)68-50-59(2)48-66(53-68)97(64)61-40-43-79-76-28-10-19-37-88(76)94(91(79)55-61)82-31-13-4-22-70(82)71-23-5-14-32-83(71)94;/h4-51,55-57H,1-3H3;. The van der Waals surface area contributed by atoms with E-state index in [0.29, 0.717) is 0 Å². The molecule has 0 atom stereocenters. The Morgan fingerprint density at radius 1 is 0.190 bits per heavy atom. The fraction of sp³-hybridized carbons (Fsp3) is 0.0625. The second kappa shape index (κ2) is 18.9. The van der Waals surface area contributed by atoms with E-state index in [9.17, 15) is 0 Å². The van der Waals surface area contributed by atoms with E-state index in [4.69, 9.17) is 0 Å². The maximum atomic E-state index is 2.75. The molecule has 0 radical (unpaired) electrons. The zero-order chi connectivity index (χ0) is 65.4. The van der Waals surface area contributed by atoms with Gasteiger partial charge in [-0.05, 0) is 0 Å². The molecule has 0 bridgehead atoms. The Morgan fingerprint density at radius 2 is 0.360 bits per heavy atom. The van der Waals surface area contributed by atoms with Crippen molar-refractivity contribution in [2.24, 2.45) is 0 Å². The molecule has 3 spiro atoms. The molecular weight excluding hydrogens is 1400 g/mol. The Balaban J connectivity index is 0.799. The van der Waals surface area contributed by atoms with E-state index in [-0.39, 0.29) is 0 Å². The van der Waals surface area contributed by atoms with E-state index < -0.39 is 38.0 Å². The average Bonchev–Trinajstić information content (AvgIpc) is 1.14.